The molecule has 2 heterocycles. The summed E-state index contributed by atoms with van der Waals surface area (Å²) in [7, 11) is 0. The maximum Gasteiger partial charge on any atom is 0.173 e. The Hall–Kier alpha value is -3.18. The molecule has 0 amide bonds. The minimum absolute atomic E-state index is 0.252. The standard InChI is InChI=1S/C25H22FN3S/c1-2-17-29-24(21-12-15-27-16-13-21)23(20-8-10-22(26)11-9-20)28-25(29)30-18-14-19-6-4-3-5-7-19/h3-16,18H,2,17H2,1H3/b18-14-. The molecule has 0 saturated carbocycles. The van der Waals surface area contributed by atoms with Gasteiger partial charge in [-0.05, 0) is 59.9 Å². The SMILES string of the molecule is CCCn1c(S/C=C\c2ccccc2)nc(-c2ccc(F)cc2)c1-c1ccncc1. The second-order valence-corrected chi connectivity index (χ2v) is 7.69. The summed E-state index contributed by atoms with van der Waals surface area (Å²) in [5.74, 6) is -0.252. The summed E-state index contributed by atoms with van der Waals surface area (Å²) in [6, 6.07) is 20.7. The maximum absolute atomic E-state index is 13.5. The molecule has 0 spiro atoms. The van der Waals surface area contributed by atoms with Gasteiger partial charge in [0.05, 0.1) is 11.4 Å². The van der Waals surface area contributed by atoms with Crippen LogP contribution in [0.2, 0.25) is 0 Å². The van der Waals surface area contributed by atoms with E-state index in [9.17, 15) is 4.39 Å². The lowest BCUT2D eigenvalue weighted by molar-refractivity contribution is 0.627. The van der Waals surface area contributed by atoms with Gasteiger partial charge in [-0.2, -0.15) is 0 Å². The summed E-state index contributed by atoms with van der Waals surface area (Å²) >= 11 is 1.59. The quantitative estimate of drug-likeness (QED) is 0.307. The second-order valence-electron chi connectivity index (χ2n) is 6.82. The van der Waals surface area contributed by atoms with E-state index in [-0.39, 0.29) is 5.82 Å². The first-order valence-electron chi connectivity index (χ1n) is 9.91. The molecule has 0 aliphatic heterocycles. The predicted molar refractivity (Wildman–Crippen MR) is 122 cm³/mol. The van der Waals surface area contributed by atoms with Crippen LogP contribution >= 0.6 is 11.8 Å². The molecule has 4 aromatic rings. The van der Waals surface area contributed by atoms with Crippen LogP contribution in [0.5, 0.6) is 0 Å². The van der Waals surface area contributed by atoms with E-state index in [4.69, 9.17) is 4.98 Å². The van der Waals surface area contributed by atoms with Gasteiger partial charge in [-0.15, -0.1) is 0 Å². The molecule has 150 valence electrons. The summed E-state index contributed by atoms with van der Waals surface area (Å²) in [6.07, 6.45) is 6.64. The van der Waals surface area contributed by atoms with Crippen LogP contribution in [0.25, 0.3) is 28.6 Å². The number of thioether (sulfide) groups is 1. The number of hydrogen-bond acceptors (Lipinski definition) is 3. The van der Waals surface area contributed by atoms with Crippen molar-refractivity contribution in [3.05, 3.63) is 95.9 Å². The van der Waals surface area contributed by atoms with Crippen LogP contribution in [0.3, 0.4) is 0 Å². The van der Waals surface area contributed by atoms with Crippen LogP contribution in [0.4, 0.5) is 4.39 Å². The number of rotatable bonds is 7. The van der Waals surface area contributed by atoms with Crippen LogP contribution < -0.4 is 0 Å². The molecule has 0 unspecified atom stereocenters. The topological polar surface area (TPSA) is 30.7 Å². The molecule has 5 heteroatoms. The smallest absolute Gasteiger partial charge is 0.173 e. The molecule has 2 aromatic heterocycles. The van der Waals surface area contributed by atoms with E-state index in [2.05, 4.69) is 40.1 Å². The lowest BCUT2D eigenvalue weighted by Crippen LogP contribution is -2.01. The van der Waals surface area contributed by atoms with E-state index in [1.165, 1.54) is 12.1 Å². The molecule has 0 radical (unpaired) electrons. The summed E-state index contributed by atoms with van der Waals surface area (Å²) in [5.41, 5.74) is 4.97. The third kappa shape index (κ3) is 4.52. The van der Waals surface area contributed by atoms with E-state index < -0.39 is 0 Å². The Balaban J connectivity index is 1.79. The van der Waals surface area contributed by atoms with Crippen LogP contribution in [0.15, 0.2) is 89.7 Å². The molecule has 0 aliphatic rings. The zero-order valence-electron chi connectivity index (χ0n) is 16.7. The van der Waals surface area contributed by atoms with Crippen LogP contribution in [-0.2, 0) is 6.54 Å². The number of imidazole rings is 1. The van der Waals surface area contributed by atoms with Crippen molar-refractivity contribution in [1.29, 1.82) is 0 Å². The molecule has 3 nitrogen and oxygen atoms in total. The first kappa shape index (κ1) is 20.1. The lowest BCUT2D eigenvalue weighted by atomic mass is 10.1. The Morgan fingerprint density at radius 3 is 2.37 bits per heavy atom. The van der Waals surface area contributed by atoms with Crippen molar-refractivity contribution >= 4 is 17.8 Å². The van der Waals surface area contributed by atoms with E-state index in [0.717, 1.165) is 46.2 Å². The number of nitrogens with zero attached hydrogens (tertiary/aromatic N) is 3. The van der Waals surface area contributed by atoms with Crippen molar-refractivity contribution in [1.82, 2.24) is 14.5 Å². The maximum atomic E-state index is 13.5. The molecule has 2 aromatic carbocycles. The van der Waals surface area contributed by atoms with Crippen molar-refractivity contribution in [2.24, 2.45) is 0 Å². The highest BCUT2D eigenvalue weighted by Gasteiger charge is 2.19. The highest BCUT2D eigenvalue weighted by molar-refractivity contribution is 8.02. The average molecular weight is 416 g/mol. The monoisotopic (exact) mass is 415 g/mol. The van der Waals surface area contributed by atoms with Gasteiger partial charge in [-0.1, -0.05) is 49.0 Å². The Labute approximate surface area is 180 Å². The fraction of sp³-hybridized carbons (Fsp3) is 0.120. The zero-order chi connectivity index (χ0) is 20.8. The van der Waals surface area contributed by atoms with Gasteiger partial charge in [0.25, 0.3) is 0 Å². The summed E-state index contributed by atoms with van der Waals surface area (Å²) in [4.78, 5) is 9.12. The van der Waals surface area contributed by atoms with Gasteiger partial charge in [0, 0.05) is 30.1 Å². The Morgan fingerprint density at radius 1 is 0.933 bits per heavy atom. The number of aromatic nitrogens is 3. The first-order chi connectivity index (χ1) is 14.8. The lowest BCUT2D eigenvalue weighted by Gasteiger charge is -2.11. The first-order valence-corrected chi connectivity index (χ1v) is 10.8. The number of halogens is 1. The fourth-order valence-electron chi connectivity index (χ4n) is 3.30. The number of hydrogen-bond donors (Lipinski definition) is 0. The minimum atomic E-state index is -0.252. The van der Waals surface area contributed by atoms with Gasteiger partial charge in [-0.3, -0.25) is 4.98 Å². The van der Waals surface area contributed by atoms with E-state index >= 15 is 0 Å². The number of pyridine rings is 1. The molecular formula is C25H22FN3S. The Kier molecular flexibility index (Phi) is 6.40. The average Bonchev–Trinajstić information content (AvgIpc) is 3.14. The molecule has 0 aliphatic carbocycles. The molecule has 0 bridgehead atoms. The summed E-state index contributed by atoms with van der Waals surface area (Å²) < 4.78 is 15.8. The van der Waals surface area contributed by atoms with Crippen LogP contribution in [0.1, 0.15) is 18.9 Å². The van der Waals surface area contributed by atoms with Gasteiger partial charge in [0.2, 0.25) is 0 Å². The molecular weight excluding hydrogens is 393 g/mol. The van der Waals surface area contributed by atoms with Crippen molar-refractivity contribution in [2.75, 3.05) is 0 Å². The van der Waals surface area contributed by atoms with Gasteiger partial charge in [0.15, 0.2) is 5.16 Å². The van der Waals surface area contributed by atoms with Gasteiger partial charge in [-0.25, -0.2) is 9.37 Å². The fourth-order valence-corrected chi connectivity index (χ4v) is 4.10. The second kappa shape index (κ2) is 9.55. The third-order valence-electron chi connectivity index (χ3n) is 4.68. The van der Waals surface area contributed by atoms with Crippen molar-refractivity contribution in [3.8, 4) is 22.5 Å². The summed E-state index contributed by atoms with van der Waals surface area (Å²) in [5, 5.41) is 2.98. The van der Waals surface area contributed by atoms with E-state index in [1.807, 2.05) is 30.3 Å². The molecule has 0 saturated heterocycles. The van der Waals surface area contributed by atoms with Gasteiger partial charge >= 0.3 is 0 Å². The molecule has 30 heavy (non-hydrogen) atoms. The largest absolute Gasteiger partial charge is 0.318 e. The highest BCUT2D eigenvalue weighted by Crippen LogP contribution is 2.36. The highest BCUT2D eigenvalue weighted by atomic mass is 32.2. The molecule has 0 N–H and O–H groups in total. The normalized spacial score (nSPS) is 11.3. The Morgan fingerprint density at radius 2 is 1.67 bits per heavy atom. The predicted octanol–water partition coefficient (Wildman–Crippen LogP) is 6.92. The van der Waals surface area contributed by atoms with Crippen LogP contribution in [-0.4, -0.2) is 14.5 Å². The molecule has 4 rings (SSSR count). The van der Waals surface area contributed by atoms with Gasteiger partial charge in [0.1, 0.15) is 5.82 Å². The summed E-state index contributed by atoms with van der Waals surface area (Å²) in [6.45, 7) is 3.00. The zero-order valence-corrected chi connectivity index (χ0v) is 17.5. The van der Waals surface area contributed by atoms with Crippen molar-refractivity contribution < 1.29 is 4.39 Å². The Bertz CT molecular complexity index is 1120. The number of benzene rings is 2. The minimum Gasteiger partial charge on any atom is -0.318 e. The molecule has 0 atom stereocenters. The van der Waals surface area contributed by atoms with Gasteiger partial charge < -0.3 is 4.57 Å². The van der Waals surface area contributed by atoms with Crippen molar-refractivity contribution in [3.63, 3.8) is 0 Å². The third-order valence-corrected chi connectivity index (χ3v) is 5.48. The van der Waals surface area contributed by atoms with Crippen LogP contribution in [0, 0.1) is 5.82 Å². The van der Waals surface area contributed by atoms with E-state index in [0.29, 0.717) is 0 Å². The van der Waals surface area contributed by atoms with Crippen molar-refractivity contribution in [2.45, 2.75) is 25.0 Å². The van der Waals surface area contributed by atoms with E-state index in [1.54, 1.807) is 36.3 Å². The molecule has 0 fully saturated rings.